The van der Waals surface area contributed by atoms with E-state index < -0.39 is 23.6 Å². The Morgan fingerprint density at radius 3 is 2.45 bits per heavy atom. The predicted molar refractivity (Wildman–Crippen MR) is 149 cm³/mol. The zero-order chi connectivity index (χ0) is 30.1. The van der Waals surface area contributed by atoms with Crippen LogP contribution in [0.1, 0.15) is 41.9 Å². The number of anilines is 2. The van der Waals surface area contributed by atoms with Crippen LogP contribution in [0.3, 0.4) is 0 Å². The molecule has 2 aliphatic rings. The van der Waals surface area contributed by atoms with Gasteiger partial charge in [0.25, 0.3) is 0 Å². The number of amides is 2. The van der Waals surface area contributed by atoms with Gasteiger partial charge in [0.15, 0.2) is 0 Å². The molecule has 0 bridgehead atoms. The summed E-state index contributed by atoms with van der Waals surface area (Å²) >= 11 is 1.35. The molecule has 3 aromatic rings. The van der Waals surface area contributed by atoms with Crippen LogP contribution in [0.4, 0.5) is 29.6 Å². The molecule has 3 heterocycles. The number of nitrogens with one attached hydrogen (secondary N) is 1. The number of nitrogens with zero attached hydrogens (tertiary/aromatic N) is 5. The van der Waals surface area contributed by atoms with Crippen molar-refractivity contribution < 1.29 is 32.6 Å². The number of alkyl halides is 3. The van der Waals surface area contributed by atoms with Crippen LogP contribution in [0.25, 0.3) is 10.4 Å². The molecule has 2 N–H and O–H groups in total. The van der Waals surface area contributed by atoms with Crippen molar-refractivity contribution >= 4 is 35.0 Å². The number of ether oxygens (including phenoxy) is 1. The largest absolute Gasteiger partial charge is 0.453 e. The number of thiazole rings is 1. The van der Waals surface area contributed by atoms with Crippen LogP contribution in [0.2, 0.25) is 0 Å². The summed E-state index contributed by atoms with van der Waals surface area (Å²) < 4.78 is 43.9. The fraction of sp³-hybridized carbons (Fsp3) is 0.464. The van der Waals surface area contributed by atoms with Gasteiger partial charge in [0.2, 0.25) is 11.9 Å². The van der Waals surface area contributed by atoms with Crippen molar-refractivity contribution in [3.8, 4) is 10.4 Å². The Hall–Kier alpha value is -3.78. The van der Waals surface area contributed by atoms with Gasteiger partial charge >= 0.3 is 12.3 Å². The molecule has 5 rings (SSSR count). The van der Waals surface area contributed by atoms with E-state index in [2.05, 4.69) is 20.3 Å². The van der Waals surface area contributed by atoms with Crippen molar-refractivity contribution in [2.24, 2.45) is 5.92 Å². The van der Waals surface area contributed by atoms with Crippen LogP contribution in [0, 0.1) is 12.8 Å². The standard InChI is InChI=1S/C28H31F3N6O4S/c1-17-13-19(15-20(14-17)34-25-32-8-5-22(35-25)28(29,30)31)21-16-33-24(42-21)27(40)6-3-18(4-7-27)23(38)36-9-11-37(12-10-36)26(39)41-2/h5,8,13-16,18,40H,3-4,6-7,9-12H2,1-2H3,(H,32,34,35)/t18-,27+. The number of aliphatic hydroxyl groups is 1. The lowest BCUT2D eigenvalue weighted by molar-refractivity contribution is -0.141. The van der Waals surface area contributed by atoms with E-state index >= 15 is 0 Å². The normalized spacial score (nSPS) is 21.2. The Labute approximate surface area is 244 Å². The molecule has 2 fully saturated rings. The Kier molecular flexibility index (Phi) is 8.37. The van der Waals surface area contributed by atoms with Crippen molar-refractivity contribution in [3.63, 3.8) is 0 Å². The Balaban J connectivity index is 1.23. The third-order valence-electron chi connectivity index (χ3n) is 7.65. The van der Waals surface area contributed by atoms with E-state index in [1.165, 1.54) is 18.4 Å². The van der Waals surface area contributed by atoms with Crippen LogP contribution < -0.4 is 5.32 Å². The van der Waals surface area contributed by atoms with Crippen molar-refractivity contribution in [2.45, 2.75) is 44.4 Å². The first-order chi connectivity index (χ1) is 19.9. The van der Waals surface area contributed by atoms with E-state index in [-0.39, 0.29) is 17.8 Å². The monoisotopic (exact) mass is 604 g/mol. The average Bonchev–Trinajstić information content (AvgIpc) is 3.48. The first-order valence-electron chi connectivity index (χ1n) is 13.5. The highest BCUT2D eigenvalue weighted by molar-refractivity contribution is 7.15. The van der Waals surface area contributed by atoms with Crippen LogP contribution in [0.15, 0.2) is 36.7 Å². The summed E-state index contributed by atoms with van der Waals surface area (Å²) in [7, 11) is 1.34. The van der Waals surface area contributed by atoms with Crippen molar-refractivity contribution in [2.75, 3.05) is 38.6 Å². The van der Waals surface area contributed by atoms with Gasteiger partial charge in [-0.1, -0.05) is 6.07 Å². The van der Waals surface area contributed by atoms with Gasteiger partial charge < -0.3 is 25.0 Å². The number of benzene rings is 1. The van der Waals surface area contributed by atoms with Gasteiger partial charge in [-0.05, 0) is 61.9 Å². The van der Waals surface area contributed by atoms with Crippen molar-refractivity contribution in [1.29, 1.82) is 0 Å². The Bertz CT molecular complexity index is 1450. The summed E-state index contributed by atoms with van der Waals surface area (Å²) in [5, 5.41) is 14.9. The van der Waals surface area contributed by atoms with E-state index in [1.807, 2.05) is 13.0 Å². The van der Waals surface area contributed by atoms with Gasteiger partial charge in [0.1, 0.15) is 16.3 Å². The maximum Gasteiger partial charge on any atom is 0.433 e. The smallest absolute Gasteiger partial charge is 0.433 e. The molecule has 10 nitrogen and oxygen atoms in total. The summed E-state index contributed by atoms with van der Waals surface area (Å²) in [6, 6.07) is 6.28. The molecule has 1 saturated heterocycles. The topological polar surface area (TPSA) is 121 Å². The van der Waals surface area contributed by atoms with E-state index in [4.69, 9.17) is 4.74 Å². The Morgan fingerprint density at radius 1 is 1.10 bits per heavy atom. The number of aromatic nitrogens is 3. The van der Waals surface area contributed by atoms with E-state index in [9.17, 15) is 27.9 Å². The predicted octanol–water partition coefficient (Wildman–Crippen LogP) is 4.96. The summed E-state index contributed by atoms with van der Waals surface area (Å²) in [4.78, 5) is 41.0. The lowest BCUT2D eigenvalue weighted by Gasteiger charge is -2.39. The number of rotatable bonds is 5. The number of halogens is 3. The van der Waals surface area contributed by atoms with Crippen LogP contribution >= 0.6 is 11.3 Å². The number of aryl methyl sites for hydroxylation is 1. The quantitative estimate of drug-likeness (QED) is 0.420. The van der Waals surface area contributed by atoms with Crippen LogP contribution in [0.5, 0.6) is 0 Å². The summed E-state index contributed by atoms with van der Waals surface area (Å²) in [5.41, 5.74) is -0.0240. The molecular weight excluding hydrogens is 573 g/mol. The van der Waals surface area contributed by atoms with Gasteiger partial charge in [-0.15, -0.1) is 11.3 Å². The van der Waals surface area contributed by atoms with Gasteiger partial charge in [-0.25, -0.2) is 19.7 Å². The number of hydrogen-bond donors (Lipinski definition) is 2. The highest BCUT2D eigenvalue weighted by Crippen LogP contribution is 2.43. The third-order valence-corrected chi connectivity index (χ3v) is 8.89. The molecule has 1 saturated carbocycles. The number of hydrogen-bond acceptors (Lipinski definition) is 9. The number of carbonyl (C=O) groups is 2. The second-order valence-corrected chi connectivity index (χ2v) is 11.6. The van der Waals surface area contributed by atoms with Crippen LogP contribution in [-0.4, -0.2) is 75.1 Å². The van der Waals surface area contributed by atoms with Crippen molar-refractivity contribution in [1.82, 2.24) is 24.8 Å². The first-order valence-corrected chi connectivity index (χ1v) is 14.4. The highest BCUT2D eigenvalue weighted by atomic mass is 32.1. The molecule has 14 heteroatoms. The lowest BCUT2D eigenvalue weighted by Crippen LogP contribution is -2.52. The van der Waals surface area contributed by atoms with E-state index in [0.717, 1.165) is 28.3 Å². The van der Waals surface area contributed by atoms with Gasteiger partial charge in [0.05, 0.1) is 12.0 Å². The number of piperazine rings is 1. The maximum atomic E-state index is 13.1. The molecule has 224 valence electrons. The van der Waals surface area contributed by atoms with E-state index in [1.54, 1.807) is 28.1 Å². The summed E-state index contributed by atoms with van der Waals surface area (Å²) in [6.07, 6.45) is -0.403. The average molecular weight is 605 g/mol. The number of methoxy groups -OCH3 is 1. The molecule has 2 amide bonds. The minimum Gasteiger partial charge on any atom is -0.453 e. The first kappa shape index (κ1) is 29.7. The zero-order valence-corrected chi connectivity index (χ0v) is 24.0. The second-order valence-electron chi connectivity index (χ2n) is 10.6. The van der Waals surface area contributed by atoms with Crippen molar-refractivity contribution in [3.05, 3.63) is 52.9 Å². The third kappa shape index (κ3) is 6.49. The van der Waals surface area contributed by atoms with Crippen LogP contribution in [-0.2, 0) is 21.3 Å². The fourth-order valence-electron chi connectivity index (χ4n) is 5.38. The number of carbonyl (C=O) groups excluding carboxylic acids is 2. The highest BCUT2D eigenvalue weighted by Gasteiger charge is 2.41. The second kappa shape index (κ2) is 11.8. The van der Waals surface area contributed by atoms with E-state index in [0.29, 0.717) is 62.6 Å². The molecule has 0 spiro atoms. The molecule has 42 heavy (non-hydrogen) atoms. The summed E-state index contributed by atoms with van der Waals surface area (Å²) in [5.74, 6) is -0.318. The molecule has 1 aromatic carbocycles. The molecule has 0 atom stereocenters. The van der Waals surface area contributed by atoms with Gasteiger partial charge in [-0.2, -0.15) is 13.2 Å². The molecule has 2 aromatic heterocycles. The van der Waals surface area contributed by atoms with Gasteiger partial charge in [0, 0.05) is 50.2 Å². The fourth-order valence-corrected chi connectivity index (χ4v) is 6.43. The Morgan fingerprint density at radius 2 is 1.79 bits per heavy atom. The molecule has 0 radical (unpaired) electrons. The zero-order valence-electron chi connectivity index (χ0n) is 23.1. The molecule has 1 aliphatic carbocycles. The SMILES string of the molecule is COC(=O)N1CCN(C(=O)[C@H]2CC[C@](O)(c3ncc(-c4cc(C)cc(Nc5nccc(C(F)(F)F)n5)c4)s3)CC2)CC1. The minimum atomic E-state index is -4.58. The molecular formula is C28H31F3N6O4S. The maximum absolute atomic E-state index is 13.1. The summed E-state index contributed by atoms with van der Waals surface area (Å²) in [6.45, 7) is 3.64. The molecule has 1 aliphatic heterocycles. The lowest BCUT2D eigenvalue weighted by atomic mass is 9.78. The molecule has 0 unspecified atom stereocenters. The van der Waals surface area contributed by atoms with Gasteiger partial charge in [-0.3, -0.25) is 4.79 Å². The minimum absolute atomic E-state index is 0.0472.